The number of nitrogens with zero attached hydrogens (tertiary/aromatic N) is 1. The fourth-order valence-corrected chi connectivity index (χ4v) is 2.89. The van der Waals surface area contributed by atoms with Gasteiger partial charge in [-0.25, -0.2) is 0 Å². The lowest BCUT2D eigenvalue weighted by molar-refractivity contribution is -0.151. The van der Waals surface area contributed by atoms with Crippen molar-refractivity contribution in [1.82, 2.24) is 4.90 Å². The Bertz CT molecular complexity index is 520. The van der Waals surface area contributed by atoms with Crippen molar-refractivity contribution in [2.24, 2.45) is 0 Å². The van der Waals surface area contributed by atoms with Crippen LogP contribution < -0.4 is 10.1 Å². The predicted octanol–water partition coefficient (Wildman–Crippen LogP) is 1.89. The first kappa shape index (κ1) is 14.2. The van der Waals surface area contributed by atoms with Crippen molar-refractivity contribution < 1.29 is 14.3 Å². The van der Waals surface area contributed by atoms with Gasteiger partial charge in [-0.2, -0.15) is 0 Å². The van der Waals surface area contributed by atoms with Crippen molar-refractivity contribution in [3.8, 4) is 5.75 Å². The molecule has 0 bridgehead atoms. The third kappa shape index (κ3) is 2.83. The van der Waals surface area contributed by atoms with Crippen molar-refractivity contribution in [3.05, 3.63) is 24.3 Å². The lowest BCUT2D eigenvalue weighted by atomic mass is 10.1. The number of amides is 1. The van der Waals surface area contributed by atoms with Crippen molar-refractivity contribution in [1.29, 1.82) is 0 Å². The highest BCUT2D eigenvalue weighted by Gasteiger charge is 2.36. The molecule has 2 aliphatic heterocycles. The van der Waals surface area contributed by atoms with E-state index in [1.807, 2.05) is 36.1 Å². The van der Waals surface area contributed by atoms with Crippen LogP contribution in [0.5, 0.6) is 5.75 Å². The zero-order valence-electron chi connectivity index (χ0n) is 12.5. The maximum Gasteiger partial charge on any atom is 0.265 e. The van der Waals surface area contributed by atoms with Gasteiger partial charge in [0.15, 0.2) is 6.10 Å². The summed E-state index contributed by atoms with van der Waals surface area (Å²) in [7, 11) is 0. The zero-order chi connectivity index (χ0) is 14.8. The molecule has 5 nitrogen and oxygen atoms in total. The van der Waals surface area contributed by atoms with Crippen LogP contribution in [-0.2, 0) is 9.53 Å². The maximum atomic E-state index is 12.8. The van der Waals surface area contributed by atoms with Crippen LogP contribution in [0.1, 0.15) is 20.3 Å². The highest BCUT2D eigenvalue weighted by Crippen LogP contribution is 2.29. The number of hydrogen-bond donors (Lipinski definition) is 1. The normalized spacial score (nSPS) is 28.3. The molecule has 3 unspecified atom stereocenters. The molecule has 0 aromatic heterocycles. The molecule has 1 saturated heterocycles. The standard InChI is InChI=1S/C16H22N2O3/c1-3-12-10-20-11(2)9-18(12)16(19)15-8-17-13-6-4-5-7-14(13)21-15/h4-7,11-12,15,17H,3,8-10H2,1-2H3. The van der Waals surface area contributed by atoms with Crippen LogP contribution in [0.4, 0.5) is 5.69 Å². The maximum absolute atomic E-state index is 12.8. The van der Waals surface area contributed by atoms with Gasteiger partial charge in [-0.05, 0) is 25.5 Å². The molecule has 1 fully saturated rings. The minimum Gasteiger partial charge on any atom is -0.477 e. The van der Waals surface area contributed by atoms with Gasteiger partial charge in [0.25, 0.3) is 5.91 Å². The smallest absolute Gasteiger partial charge is 0.265 e. The van der Waals surface area contributed by atoms with Gasteiger partial charge >= 0.3 is 0 Å². The summed E-state index contributed by atoms with van der Waals surface area (Å²) in [5.74, 6) is 0.801. The van der Waals surface area contributed by atoms with E-state index in [9.17, 15) is 4.79 Å². The molecule has 0 spiro atoms. The zero-order valence-corrected chi connectivity index (χ0v) is 12.5. The second-order valence-electron chi connectivity index (χ2n) is 5.68. The van der Waals surface area contributed by atoms with E-state index in [4.69, 9.17) is 9.47 Å². The monoisotopic (exact) mass is 290 g/mol. The number of nitrogens with one attached hydrogen (secondary N) is 1. The molecular formula is C16H22N2O3. The van der Waals surface area contributed by atoms with Crippen LogP contribution in [-0.4, -0.2) is 48.8 Å². The van der Waals surface area contributed by atoms with E-state index in [1.54, 1.807) is 0 Å². The SMILES string of the molecule is CCC1COC(C)CN1C(=O)C1CNc2ccccc2O1. The molecule has 1 aromatic carbocycles. The minimum absolute atomic E-state index is 0.0546. The summed E-state index contributed by atoms with van der Waals surface area (Å²) >= 11 is 0. The Morgan fingerprint density at radius 3 is 3.05 bits per heavy atom. The first-order valence-corrected chi connectivity index (χ1v) is 7.60. The average molecular weight is 290 g/mol. The molecular weight excluding hydrogens is 268 g/mol. The summed E-state index contributed by atoms with van der Waals surface area (Å²) in [5, 5.41) is 3.27. The summed E-state index contributed by atoms with van der Waals surface area (Å²) in [4.78, 5) is 14.7. The Balaban J connectivity index is 1.73. The number of benzene rings is 1. The second kappa shape index (κ2) is 5.93. The minimum atomic E-state index is -0.459. The van der Waals surface area contributed by atoms with E-state index in [0.29, 0.717) is 19.7 Å². The van der Waals surface area contributed by atoms with Crippen LogP contribution in [0, 0.1) is 0 Å². The molecule has 2 aliphatic rings. The Hall–Kier alpha value is -1.75. The first-order valence-electron chi connectivity index (χ1n) is 7.60. The second-order valence-corrected chi connectivity index (χ2v) is 5.68. The molecule has 1 N–H and O–H groups in total. The van der Waals surface area contributed by atoms with Crippen molar-refractivity contribution >= 4 is 11.6 Å². The number of rotatable bonds is 2. The quantitative estimate of drug-likeness (QED) is 0.903. The Labute approximate surface area is 125 Å². The predicted molar refractivity (Wildman–Crippen MR) is 80.6 cm³/mol. The highest BCUT2D eigenvalue weighted by molar-refractivity contribution is 5.83. The molecule has 3 atom stereocenters. The van der Waals surface area contributed by atoms with E-state index in [0.717, 1.165) is 17.9 Å². The van der Waals surface area contributed by atoms with E-state index in [-0.39, 0.29) is 18.1 Å². The van der Waals surface area contributed by atoms with Gasteiger partial charge in [0.05, 0.1) is 31.0 Å². The van der Waals surface area contributed by atoms with E-state index in [1.165, 1.54) is 0 Å². The topological polar surface area (TPSA) is 50.8 Å². The van der Waals surface area contributed by atoms with Gasteiger partial charge in [0, 0.05) is 6.54 Å². The van der Waals surface area contributed by atoms with Gasteiger partial charge in [-0.1, -0.05) is 19.1 Å². The molecule has 3 rings (SSSR count). The Morgan fingerprint density at radius 2 is 2.24 bits per heavy atom. The van der Waals surface area contributed by atoms with Crippen molar-refractivity contribution in [3.63, 3.8) is 0 Å². The van der Waals surface area contributed by atoms with Crippen LogP contribution in [0.15, 0.2) is 24.3 Å². The van der Waals surface area contributed by atoms with Gasteiger partial charge in [0.2, 0.25) is 0 Å². The Kier molecular flexibility index (Phi) is 4.01. The lowest BCUT2D eigenvalue weighted by Gasteiger charge is -2.40. The number of carbonyl (C=O) groups is 1. The summed E-state index contributed by atoms with van der Waals surface area (Å²) in [6, 6.07) is 7.87. The van der Waals surface area contributed by atoms with Gasteiger partial charge in [0.1, 0.15) is 5.75 Å². The first-order chi connectivity index (χ1) is 10.2. The number of hydrogen-bond acceptors (Lipinski definition) is 4. The van der Waals surface area contributed by atoms with Crippen molar-refractivity contribution in [2.45, 2.75) is 38.5 Å². The van der Waals surface area contributed by atoms with Gasteiger partial charge < -0.3 is 19.7 Å². The molecule has 0 aliphatic carbocycles. The number of para-hydroxylation sites is 2. The molecule has 0 radical (unpaired) electrons. The summed E-state index contributed by atoms with van der Waals surface area (Å²) in [6.07, 6.45) is 0.523. The van der Waals surface area contributed by atoms with Crippen LogP contribution in [0.2, 0.25) is 0 Å². The third-order valence-electron chi connectivity index (χ3n) is 4.13. The van der Waals surface area contributed by atoms with Crippen LogP contribution in [0.3, 0.4) is 0 Å². The molecule has 1 aromatic rings. The van der Waals surface area contributed by atoms with E-state index < -0.39 is 6.10 Å². The number of anilines is 1. The molecule has 0 saturated carbocycles. The molecule has 21 heavy (non-hydrogen) atoms. The number of fused-ring (bicyclic) bond motifs is 1. The largest absolute Gasteiger partial charge is 0.477 e. The number of ether oxygens (including phenoxy) is 2. The van der Waals surface area contributed by atoms with Crippen LogP contribution in [0.25, 0.3) is 0 Å². The number of carbonyl (C=O) groups excluding carboxylic acids is 1. The number of morpholine rings is 1. The van der Waals surface area contributed by atoms with E-state index in [2.05, 4.69) is 12.2 Å². The molecule has 2 heterocycles. The fourth-order valence-electron chi connectivity index (χ4n) is 2.89. The highest BCUT2D eigenvalue weighted by atomic mass is 16.5. The summed E-state index contributed by atoms with van der Waals surface area (Å²) in [6.45, 7) is 5.85. The molecule has 5 heteroatoms. The summed E-state index contributed by atoms with van der Waals surface area (Å²) in [5.41, 5.74) is 0.948. The third-order valence-corrected chi connectivity index (χ3v) is 4.13. The summed E-state index contributed by atoms with van der Waals surface area (Å²) < 4.78 is 11.5. The lowest BCUT2D eigenvalue weighted by Crippen LogP contribution is -2.56. The molecule has 1 amide bonds. The molecule has 114 valence electrons. The Morgan fingerprint density at radius 1 is 1.43 bits per heavy atom. The van der Waals surface area contributed by atoms with E-state index >= 15 is 0 Å². The van der Waals surface area contributed by atoms with Gasteiger partial charge in [-0.15, -0.1) is 0 Å². The van der Waals surface area contributed by atoms with Crippen molar-refractivity contribution in [2.75, 3.05) is 25.0 Å². The van der Waals surface area contributed by atoms with Crippen LogP contribution >= 0.6 is 0 Å². The average Bonchev–Trinajstić information content (AvgIpc) is 2.53. The fraction of sp³-hybridized carbons (Fsp3) is 0.562. The van der Waals surface area contributed by atoms with Gasteiger partial charge in [-0.3, -0.25) is 4.79 Å².